The fourth-order valence-corrected chi connectivity index (χ4v) is 4.75. The first-order valence-corrected chi connectivity index (χ1v) is 9.32. The third kappa shape index (κ3) is 1.52. The monoisotopic (exact) mass is 384 g/mol. The molecule has 0 radical (unpaired) electrons. The number of fused-ring (bicyclic) bond motifs is 5. The van der Waals surface area contributed by atoms with Crippen LogP contribution in [-0.4, -0.2) is 4.57 Å². The molecule has 3 heterocycles. The molecule has 0 saturated heterocycles. The number of para-hydroxylation sites is 3. The second kappa shape index (κ2) is 4.24. The quantitative estimate of drug-likeness (QED) is 0.386. The molecule has 0 bridgehead atoms. The van der Waals surface area contributed by atoms with E-state index in [4.69, 9.17) is 4.74 Å². The molecule has 0 amide bonds. The van der Waals surface area contributed by atoms with Gasteiger partial charge in [0.1, 0.15) is 0 Å². The Kier molecular flexibility index (Phi) is 2.35. The topological polar surface area (TPSA) is 14.2 Å². The third-order valence-electron chi connectivity index (χ3n) is 3.93. The van der Waals surface area contributed by atoms with Crippen molar-refractivity contribution in [3.05, 3.63) is 63.2 Å². The maximum absolute atomic E-state index is 6.10. The second-order valence-electron chi connectivity index (χ2n) is 5.08. The first kappa shape index (κ1) is 11.6. The van der Waals surface area contributed by atoms with Crippen LogP contribution >= 0.6 is 0 Å². The van der Waals surface area contributed by atoms with Crippen molar-refractivity contribution in [3.63, 3.8) is 0 Å². The van der Waals surface area contributed by atoms with Gasteiger partial charge in [-0.05, 0) is 0 Å². The van der Waals surface area contributed by atoms with Crippen molar-refractivity contribution in [1.82, 2.24) is 4.57 Å². The van der Waals surface area contributed by atoms with E-state index < -0.39 is 0 Å². The van der Waals surface area contributed by atoms with Crippen molar-refractivity contribution in [2.75, 3.05) is 0 Å². The summed E-state index contributed by atoms with van der Waals surface area (Å²) in [4.78, 5) is 0. The zero-order valence-corrected chi connectivity index (χ0v) is 13.2. The van der Waals surface area contributed by atoms with E-state index in [9.17, 15) is 0 Å². The number of rotatable bonds is 0. The zero-order chi connectivity index (χ0) is 13.8. The summed E-state index contributed by atoms with van der Waals surface area (Å²) in [7, 11) is 0. The van der Waals surface area contributed by atoms with Gasteiger partial charge in [0.05, 0.1) is 0 Å². The van der Waals surface area contributed by atoms with Gasteiger partial charge in [-0.2, -0.15) is 0 Å². The Morgan fingerprint density at radius 3 is 2.86 bits per heavy atom. The van der Waals surface area contributed by atoms with Crippen molar-refractivity contribution < 1.29 is 25.9 Å². The molecule has 0 fully saturated rings. The van der Waals surface area contributed by atoms with Crippen molar-refractivity contribution in [1.29, 1.82) is 0 Å². The molecule has 3 aromatic rings. The molecule has 0 aliphatic carbocycles. The Bertz CT molecular complexity index is 1040. The van der Waals surface area contributed by atoms with Crippen LogP contribution in [0, 0.1) is 0 Å². The van der Waals surface area contributed by atoms with Gasteiger partial charge in [0.25, 0.3) is 0 Å². The van der Waals surface area contributed by atoms with E-state index in [1.54, 1.807) is 0 Å². The van der Waals surface area contributed by atoms with Gasteiger partial charge in [-0.15, -0.1) is 0 Å². The van der Waals surface area contributed by atoms with Gasteiger partial charge in [0.2, 0.25) is 0 Å². The van der Waals surface area contributed by atoms with Crippen molar-refractivity contribution in [3.8, 4) is 17.2 Å². The second-order valence-corrected chi connectivity index (χ2v) is 7.14. The van der Waals surface area contributed by atoms with E-state index in [1.165, 1.54) is 21.5 Å². The molecule has 0 atom stereocenters. The summed E-state index contributed by atoms with van der Waals surface area (Å²) >= 11 is -0.0172. The van der Waals surface area contributed by atoms with E-state index >= 15 is 0 Å². The van der Waals surface area contributed by atoms with Crippen LogP contribution in [-0.2, 0) is 0 Å². The molecule has 5 rings (SSSR count). The SMILES string of the molecule is C1=C[I-]C=c2c(n3c4c(cccc24)Oc2ccccc2-3)=C1. The summed E-state index contributed by atoms with van der Waals surface area (Å²) in [6.45, 7) is 0. The minimum atomic E-state index is -0.0172. The van der Waals surface area contributed by atoms with Crippen molar-refractivity contribution in [2.24, 2.45) is 0 Å². The molecule has 1 aromatic heterocycles. The third-order valence-corrected chi connectivity index (χ3v) is 5.74. The molecule has 2 aromatic carbocycles. The van der Waals surface area contributed by atoms with Crippen LogP contribution < -0.4 is 36.5 Å². The molecule has 0 saturated carbocycles. The van der Waals surface area contributed by atoms with Crippen LogP contribution in [0.15, 0.2) is 52.6 Å². The summed E-state index contributed by atoms with van der Waals surface area (Å²) in [5, 5.41) is 3.91. The van der Waals surface area contributed by atoms with E-state index in [1.807, 2.05) is 12.1 Å². The van der Waals surface area contributed by atoms with Gasteiger partial charge < -0.3 is 0 Å². The standard InChI is InChI=1S/C18H11INO/c1-2-8-16-15(6-1)20-14-7-4-10-19-11-13(14)12-5-3-9-17(21-16)18(12)20/h1-11H/q-1. The van der Waals surface area contributed by atoms with Crippen molar-refractivity contribution >= 4 is 21.1 Å². The number of aromatic nitrogens is 1. The fraction of sp³-hybridized carbons (Fsp3) is 0. The summed E-state index contributed by atoms with van der Waals surface area (Å²) in [5.41, 5.74) is 2.31. The van der Waals surface area contributed by atoms with Crippen molar-refractivity contribution in [2.45, 2.75) is 0 Å². The predicted molar refractivity (Wildman–Crippen MR) is 80.7 cm³/mol. The molecule has 0 spiro atoms. The molecule has 21 heavy (non-hydrogen) atoms. The Hall–Kier alpha value is -2.01. The number of allylic oxidation sites excluding steroid dienone is 1. The normalized spacial score (nSPS) is 14.9. The van der Waals surface area contributed by atoms with E-state index in [0.29, 0.717) is 0 Å². The zero-order valence-electron chi connectivity index (χ0n) is 11.1. The van der Waals surface area contributed by atoms with Crippen LogP contribution in [0.1, 0.15) is 0 Å². The summed E-state index contributed by atoms with van der Waals surface area (Å²) in [5.74, 6) is 1.87. The Balaban J connectivity index is 2.11. The molecule has 2 nitrogen and oxygen atoms in total. The number of nitrogens with zero attached hydrogens (tertiary/aromatic N) is 1. The fourth-order valence-electron chi connectivity index (χ4n) is 3.08. The maximum atomic E-state index is 6.10. The van der Waals surface area contributed by atoms with Gasteiger partial charge in [-0.3, -0.25) is 0 Å². The Labute approximate surface area is 131 Å². The van der Waals surface area contributed by atoms with Crippen LogP contribution in [0.2, 0.25) is 0 Å². The molecule has 102 valence electrons. The Morgan fingerprint density at radius 2 is 1.86 bits per heavy atom. The first-order chi connectivity index (χ1) is 10.4. The van der Waals surface area contributed by atoms with Crippen LogP contribution in [0.25, 0.3) is 26.7 Å². The van der Waals surface area contributed by atoms with Gasteiger partial charge in [0.15, 0.2) is 0 Å². The van der Waals surface area contributed by atoms with Crippen LogP contribution in [0.5, 0.6) is 11.5 Å². The number of ether oxygens (including phenoxy) is 1. The molecule has 0 unspecified atom stereocenters. The van der Waals surface area contributed by atoms with Crippen LogP contribution in [0.4, 0.5) is 0 Å². The van der Waals surface area contributed by atoms with Gasteiger partial charge in [-0.25, -0.2) is 0 Å². The molecular weight excluding hydrogens is 373 g/mol. The number of halogens is 1. The Morgan fingerprint density at radius 1 is 0.952 bits per heavy atom. The molecule has 2 aliphatic heterocycles. The van der Waals surface area contributed by atoms with Gasteiger partial charge in [-0.1, -0.05) is 0 Å². The number of hydrogen-bond acceptors (Lipinski definition) is 1. The molecular formula is C18H11INO-. The number of benzene rings is 2. The molecule has 0 N–H and O–H groups in total. The van der Waals surface area contributed by atoms with E-state index in [-0.39, 0.29) is 21.2 Å². The molecule has 3 heteroatoms. The van der Waals surface area contributed by atoms with Gasteiger partial charge >= 0.3 is 132 Å². The number of hydrogen-bond donors (Lipinski definition) is 0. The first-order valence-electron chi connectivity index (χ1n) is 6.83. The minimum absolute atomic E-state index is 0.0172. The summed E-state index contributed by atoms with van der Waals surface area (Å²) in [6.07, 6.45) is 4.42. The summed E-state index contributed by atoms with van der Waals surface area (Å²) in [6, 6.07) is 14.6. The predicted octanol–water partition coefficient (Wildman–Crippen LogP) is -0.129. The van der Waals surface area contributed by atoms with Gasteiger partial charge in [0, 0.05) is 0 Å². The average Bonchev–Trinajstić information content (AvgIpc) is 2.70. The van der Waals surface area contributed by atoms with E-state index in [2.05, 4.69) is 55.2 Å². The average molecular weight is 384 g/mol. The molecule has 2 aliphatic rings. The van der Waals surface area contributed by atoms with Crippen LogP contribution in [0.3, 0.4) is 0 Å². The summed E-state index contributed by atoms with van der Waals surface area (Å²) < 4.78 is 13.1. The van der Waals surface area contributed by atoms with E-state index in [0.717, 1.165) is 17.2 Å².